The standard InChI is InChI=1S/C14H20N6O2/c1-9(2)5-6-15-13-12(20(21)22)14(17-8-16-13)19-11(4)7-10(3)18-19/h7-9H,5-6H2,1-4H3,(H,15,16,17). The normalized spacial score (nSPS) is 11.0. The lowest BCUT2D eigenvalue weighted by Crippen LogP contribution is -2.12. The number of hydrogen-bond acceptors (Lipinski definition) is 6. The minimum Gasteiger partial charge on any atom is -0.364 e. The quantitative estimate of drug-likeness (QED) is 0.650. The first-order valence-corrected chi connectivity index (χ1v) is 7.17. The third kappa shape index (κ3) is 3.38. The highest BCUT2D eigenvalue weighted by Crippen LogP contribution is 2.28. The Morgan fingerprint density at radius 3 is 2.64 bits per heavy atom. The van der Waals surface area contributed by atoms with Crippen LogP contribution in [-0.4, -0.2) is 31.2 Å². The Morgan fingerprint density at radius 2 is 2.09 bits per heavy atom. The first-order chi connectivity index (χ1) is 10.4. The zero-order chi connectivity index (χ0) is 16.3. The van der Waals surface area contributed by atoms with Gasteiger partial charge in [-0.1, -0.05) is 13.8 Å². The molecule has 2 aromatic rings. The van der Waals surface area contributed by atoms with E-state index in [0.717, 1.165) is 17.8 Å². The first-order valence-electron chi connectivity index (χ1n) is 7.17. The Bertz CT molecular complexity index is 680. The predicted molar refractivity (Wildman–Crippen MR) is 83.2 cm³/mol. The number of nitrogens with zero attached hydrogens (tertiary/aromatic N) is 5. The molecule has 0 spiro atoms. The number of rotatable bonds is 6. The van der Waals surface area contributed by atoms with Gasteiger partial charge in [-0.3, -0.25) is 10.1 Å². The van der Waals surface area contributed by atoms with Gasteiger partial charge in [0.05, 0.1) is 10.6 Å². The molecule has 118 valence electrons. The molecule has 0 aliphatic heterocycles. The maximum Gasteiger partial charge on any atom is 0.355 e. The summed E-state index contributed by atoms with van der Waals surface area (Å²) < 4.78 is 1.47. The highest BCUT2D eigenvalue weighted by atomic mass is 16.6. The molecule has 2 heterocycles. The van der Waals surface area contributed by atoms with E-state index < -0.39 is 4.92 Å². The van der Waals surface area contributed by atoms with Crippen LogP contribution in [0, 0.1) is 29.9 Å². The number of hydrogen-bond donors (Lipinski definition) is 1. The van der Waals surface area contributed by atoms with Crippen molar-refractivity contribution in [1.82, 2.24) is 19.7 Å². The fourth-order valence-electron chi connectivity index (χ4n) is 2.14. The fraction of sp³-hybridized carbons (Fsp3) is 0.500. The van der Waals surface area contributed by atoms with Crippen molar-refractivity contribution in [3.8, 4) is 5.82 Å². The van der Waals surface area contributed by atoms with Gasteiger partial charge in [-0.2, -0.15) is 5.10 Å². The van der Waals surface area contributed by atoms with Gasteiger partial charge in [0, 0.05) is 12.2 Å². The van der Waals surface area contributed by atoms with Gasteiger partial charge in [0.1, 0.15) is 6.33 Å². The highest BCUT2D eigenvalue weighted by molar-refractivity contribution is 5.64. The van der Waals surface area contributed by atoms with Crippen molar-refractivity contribution in [1.29, 1.82) is 0 Å². The molecule has 2 aromatic heterocycles. The summed E-state index contributed by atoms with van der Waals surface area (Å²) in [5.74, 6) is 0.907. The summed E-state index contributed by atoms with van der Waals surface area (Å²) in [5.41, 5.74) is 1.41. The minimum absolute atomic E-state index is 0.155. The van der Waals surface area contributed by atoms with E-state index in [0.29, 0.717) is 12.5 Å². The molecule has 0 bridgehead atoms. The SMILES string of the molecule is Cc1cc(C)n(-c2ncnc(NCCC(C)C)c2[N+](=O)[O-])n1. The molecule has 8 heteroatoms. The number of nitro groups is 1. The fourth-order valence-corrected chi connectivity index (χ4v) is 2.14. The van der Waals surface area contributed by atoms with Crippen molar-refractivity contribution in [2.24, 2.45) is 5.92 Å². The zero-order valence-corrected chi connectivity index (χ0v) is 13.2. The molecule has 0 unspecified atom stereocenters. The molecule has 0 fully saturated rings. The summed E-state index contributed by atoms with van der Waals surface area (Å²) in [6.45, 7) is 8.47. The highest BCUT2D eigenvalue weighted by Gasteiger charge is 2.25. The van der Waals surface area contributed by atoms with Crippen LogP contribution in [0.5, 0.6) is 0 Å². The van der Waals surface area contributed by atoms with E-state index in [9.17, 15) is 10.1 Å². The summed E-state index contributed by atoms with van der Waals surface area (Å²) in [7, 11) is 0. The Hall–Kier alpha value is -2.51. The molecular formula is C14H20N6O2. The van der Waals surface area contributed by atoms with E-state index in [1.807, 2.05) is 19.9 Å². The number of aromatic nitrogens is 4. The Morgan fingerprint density at radius 1 is 1.36 bits per heavy atom. The van der Waals surface area contributed by atoms with E-state index in [4.69, 9.17) is 0 Å². The van der Waals surface area contributed by atoms with Gasteiger partial charge in [-0.25, -0.2) is 14.6 Å². The van der Waals surface area contributed by atoms with Crippen LogP contribution in [0.4, 0.5) is 11.5 Å². The van der Waals surface area contributed by atoms with Crippen LogP contribution in [0.2, 0.25) is 0 Å². The molecule has 22 heavy (non-hydrogen) atoms. The third-order valence-electron chi connectivity index (χ3n) is 3.21. The van der Waals surface area contributed by atoms with E-state index in [1.165, 1.54) is 11.0 Å². The van der Waals surface area contributed by atoms with Crippen LogP contribution in [-0.2, 0) is 0 Å². The van der Waals surface area contributed by atoms with E-state index in [-0.39, 0.29) is 17.3 Å². The summed E-state index contributed by atoms with van der Waals surface area (Å²) in [6.07, 6.45) is 2.22. The largest absolute Gasteiger partial charge is 0.364 e. The smallest absolute Gasteiger partial charge is 0.355 e. The zero-order valence-electron chi connectivity index (χ0n) is 13.2. The number of anilines is 1. The monoisotopic (exact) mass is 304 g/mol. The maximum absolute atomic E-state index is 11.5. The summed E-state index contributed by atoms with van der Waals surface area (Å²) in [6, 6.07) is 1.84. The Balaban J connectivity index is 2.42. The maximum atomic E-state index is 11.5. The van der Waals surface area contributed by atoms with Crippen LogP contribution in [0.25, 0.3) is 5.82 Å². The van der Waals surface area contributed by atoms with Gasteiger partial charge in [0.15, 0.2) is 0 Å². The average Bonchev–Trinajstić information content (AvgIpc) is 2.76. The molecule has 0 radical (unpaired) electrons. The van der Waals surface area contributed by atoms with E-state index >= 15 is 0 Å². The minimum atomic E-state index is -0.469. The van der Waals surface area contributed by atoms with Crippen molar-refractivity contribution in [3.63, 3.8) is 0 Å². The molecule has 0 aromatic carbocycles. The molecule has 2 rings (SSSR count). The molecule has 0 atom stereocenters. The van der Waals surface area contributed by atoms with Crippen molar-refractivity contribution in [2.75, 3.05) is 11.9 Å². The molecule has 0 aliphatic rings. The van der Waals surface area contributed by atoms with Crippen LogP contribution in [0.1, 0.15) is 31.7 Å². The van der Waals surface area contributed by atoms with Gasteiger partial charge in [0.25, 0.3) is 0 Å². The van der Waals surface area contributed by atoms with Crippen molar-refractivity contribution >= 4 is 11.5 Å². The summed E-state index contributed by atoms with van der Waals surface area (Å²) >= 11 is 0. The first kappa shape index (κ1) is 15.9. The van der Waals surface area contributed by atoms with E-state index in [2.05, 4.69) is 34.2 Å². The predicted octanol–water partition coefficient (Wildman–Crippen LogP) is 2.65. The van der Waals surface area contributed by atoms with Crippen LogP contribution < -0.4 is 5.32 Å². The second-order valence-corrected chi connectivity index (χ2v) is 5.60. The second-order valence-electron chi connectivity index (χ2n) is 5.60. The molecule has 0 saturated heterocycles. The van der Waals surface area contributed by atoms with Crippen LogP contribution >= 0.6 is 0 Å². The number of aryl methyl sites for hydroxylation is 2. The molecule has 0 saturated carbocycles. The number of nitrogens with one attached hydrogen (secondary N) is 1. The van der Waals surface area contributed by atoms with Crippen LogP contribution in [0.15, 0.2) is 12.4 Å². The second kappa shape index (κ2) is 6.50. The van der Waals surface area contributed by atoms with Crippen molar-refractivity contribution < 1.29 is 4.92 Å². The van der Waals surface area contributed by atoms with Crippen LogP contribution in [0.3, 0.4) is 0 Å². The Kier molecular flexibility index (Phi) is 4.69. The van der Waals surface area contributed by atoms with Gasteiger partial charge in [0.2, 0.25) is 11.6 Å². The molecule has 0 aliphatic carbocycles. The topological polar surface area (TPSA) is 98.8 Å². The lowest BCUT2D eigenvalue weighted by atomic mass is 10.1. The summed E-state index contributed by atoms with van der Waals surface area (Å²) in [4.78, 5) is 19.1. The van der Waals surface area contributed by atoms with E-state index in [1.54, 1.807) is 0 Å². The molecule has 8 nitrogen and oxygen atoms in total. The molecular weight excluding hydrogens is 284 g/mol. The average molecular weight is 304 g/mol. The lowest BCUT2D eigenvalue weighted by Gasteiger charge is -2.10. The van der Waals surface area contributed by atoms with Gasteiger partial charge < -0.3 is 5.32 Å². The van der Waals surface area contributed by atoms with Gasteiger partial charge in [-0.05, 0) is 32.3 Å². The molecule has 1 N–H and O–H groups in total. The third-order valence-corrected chi connectivity index (χ3v) is 3.21. The lowest BCUT2D eigenvalue weighted by molar-refractivity contribution is -0.384. The van der Waals surface area contributed by atoms with Gasteiger partial charge >= 0.3 is 5.69 Å². The van der Waals surface area contributed by atoms with Crippen molar-refractivity contribution in [2.45, 2.75) is 34.1 Å². The molecule has 0 amide bonds. The summed E-state index contributed by atoms with van der Waals surface area (Å²) in [5, 5.41) is 18.8. The Labute approximate surface area is 128 Å². The van der Waals surface area contributed by atoms with Gasteiger partial charge in [-0.15, -0.1) is 0 Å². The van der Waals surface area contributed by atoms with Crippen molar-refractivity contribution in [3.05, 3.63) is 33.9 Å².